The summed E-state index contributed by atoms with van der Waals surface area (Å²) < 4.78 is 0. The zero-order chi connectivity index (χ0) is 9.40. The Hall–Kier alpha value is -0.780. The lowest BCUT2D eigenvalue weighted by Crippen LogP contribution is -1.84. The van der Waals surface area contributed by atoms with E-state index in [4.69, 9.17) is 0 Å². The molecule has 0 nitrogen and oxygen atoms in total. The molecule has 0 radical (unpaired) electrons. The Morgan fingerprint density at radius 1 is 1.25 bits per heavy atom. The smallest absolute Gasteiger partial charge is 0.0282 e. The number of rotatable bonds is 4. The quantitative estimate of drug-likeness (QED) is 0.545. The molecule has 0 fully saturated rings. The van der Waals surface area contributed by atoms with Crippen molar-refractivity contribution in [3.8, 4) is 0 Å². The van der Waals surface area contributed by atoms with Crippen LogP contribution in [0, 0.1) is 0 Å². The molecule has 0 saturated carbocycles. The van der Waals surface area contributed by atoms with E-state index in [9.17, 15) is 0 Å². The van der Waals surface area contributed by atoms with Crippen molar-refractivity contribution in [1.82, 2.24) is 0 Å². The van der Waals surface area contributed by atoms with Gasteiger partial charge in [-0.15, -0.1) is 0 Å². The second-order valence-electron chi connectivity index (χ2n) is 2.94. The molecule has 68 valence electrons. The molecule has 0 bridgehead atoms. The van der Waals surface area contributed by atoms with Crippen molar-refractivity contribution in [1.29, 1.82) is 0 Å². The SMILES string of the molecule is C\C=C/C=C(C)\C(=C/C)CCC. The van der Waals surface area contributed by atoms with E-state index in [2.05, 4.69) is 45.1 Å². The lowest BCUT2D eigenvalue weighted by atomic mass is 10.0. The van der Waals surface area contributed by atoms with E-state index in [1.54, 1.807) is 0 Å². The van der Waals surface area contributed by atoms with Gasteiger partial charge >= 0.3 is 0 Å². The summed E-state index contributed by atoms with van der Waals surface area (Å²) in [7, 11) is 0. The van der Waals surface area contributed by atoms with Crippen LogP contribution in [0.3, 0.4) is 0 Å². The zero-order valence-corrected chi connectivity index (χ0v) is 8.72. The third-order valence-electron chi connectivity index (χ3n) is 1.91. The number of hydrogen-bond donors (Lipinski definition) is 0. The maximum Gasteiger partial charge on any atom is -0.0282 e. The van der Waals surface area contributed by atoms with Crippen molar-refractivity contribution in [2.75, 3.05) is 0 Å². The molecular weight excluding hydrogens is 144 g/mol. The van der Waals surface area contributed by atoms with Crippen LogP contribution in [0.1, 0.15) is 40.5 Å². The van der Waals surface area contributed by atoms with Crippen LogP contribution >= 0.6 is 0 Å². The summed E-state index contributed by atoms with van der Waals surface area (Å²) in [5.74, 6) is 0. The highest BCUT2D eigenvalue weighted by molar-refractivity contribution is 5.31. The predicted octanol–water partition coefficient (Wildman–Crippen LogP) is 4.26. The molecule has 0 unspecified atom stereocenters. The van der Waals surface area contributed by atoms with Gasteiger partial charge in [0.15, 0.2) is 0 Å². The Balaban J connectivity index is 4.31. The molecule has 0 spiro atoms. The first kappa shape index (κ1) is 11.2. The van der Waals surface area contributed by atoms with Crippen LogP contribution in [-0.4, -0.2) is 0 Å². The normalized spacial score (nSPS) is 14.3. The van der Waals surface area contributed by atoms with Crippen molar-refractivity contribution >= 4 is 0 Å². The second kappa shape index (κ2) is 6.90. The molecule has 12 heavy (non-hydrogen) atoms. The second-order valence-corrected chi connectivity index (χ2v) is 2.94. The Morgan fingerprint density at radius 3 is 2.33 bits per heavy atom. The van der Waals surface area contributed by atoms with Gasteiger partial charge in [-0.05, 0) is 38.3 Å². The van der Waals surface area contributed by atoms with Gasteiger partial charge in [-0.2, -0.15) is 0 Å². The molecule has 0 rings (SSSR count). The Morgan fingerprint density at radius 2 is 1.92 bits per heavy atom. The Kier molecular flexibility index (Phi) is 6.45. The van der Waals surface area contributed by atoms with Gasteiger partial charge in [0.2, 0.25) is 0 Å². The summed E-state index contributed by atoms with van der Waals surface area (Å²) >= 11 is 0. The molecule has 0 heteroatoms. The first-order valence-electron chi connectivity index (χ1n) is 4.71. The minimum Gasteiger partial charge on any atom is -0.0877 e. The van der Waals surface area contributed by atoms with Crippen molar-refractivity contribution in [2.45, 2.75) is 40.5 Å². The molecule has 0 aliphatic heterocycles. The minimum atomic E-state index is 1.19. The monoisotopic (exact) mass is 164 g/mol. The van der Waals surface area contributed by atoms with Gasteiger partial charge in [0.1, 0.15) is 0 Å². The molecule has 0 aliphatic carbocycles. The Bertz CT molecular complexity index is 192. The molecule has 0 aromatic heterocycles. The van der Waals surface area contributed by atoms with Crippen molar-refractivity contribution in [3.05, 3.63) is 35.5 Å². The van der Waals surface area contributed by atoms with Crippen LogP contribution in [0.25, 0.3) is 0 Å². The molecule has 0 amide bonds. The van der Waals surface area contributed by atoms with Gasteiger partial charge < -0.3 is 0 Å². The first-order valence-corrected chi connectivity index (χ1v) is 4.71. The summed E-state index contributed by atoms with van der Waals surface area (Å²) in [4.78, 5) is 0. The maximum atomic E-state index is 2.21. The van der Waals surface area contributed by atoms with Crippen molar-refractivity contribution in [2.24, 2.45) is 0 Å². The molecule has 0 aromatic carbocycles. The molecule has 0 N–H and O–H groups in total. The predicted molar refractivity (Wildman–Crippen MR) is 57.2 cm³/mol. The van der Waals surface area contributed by atoms with E-state index in [1.165, 1.54) is 24.0 Å². The largest absolute Gasteiger partial charge is 0.0877 e. The van der Waals surface area contributed by atoms with Gasteiger partial charge in [-0.1, -0.05) is 37.6 Å². The van der Waals surface area contributed by atoms with Crippen molar-refractivity contribution in [3.63, 3.8) is 0 Å². The van der Waals surface area contributed by atoms with Crippen LogP contribution in [0.5, 0.6) is 0 Å². The lowest BCUT2D eigenvalue weighted by molar-refractivity contribution is 0.909. The van der Waals surface area contributed by atoms with Crippen molar-refractivity contribution < 1.29 is 0 Å². The number of hydrogen-bond acceptors (Lipinski definition) is 0. The molecular formula is C12H20. The van der Waals surface area contributed by atoms with E-state index in [0.29, 0.717) is 0 Å². The van der Waals surface area contributed by atoms with E-state index in [1.807, 2.05) is 6.92 Å². The van der Waals surface area contributed by atoms with Crippen LogP contribution in [-0.2, 0) is 0 Å². The summed E-state index contributed by atoms with van der Waals surface area (Å²) in [5.41, 5.74) is 2.85. The average Bonchev–Trinajstić information content (AvgIpc) is 2.10. The van der Waals surface area contributed by atoms with Gasteiger partial charge in [-0.25, -0.2) is 0 Å². The third-order valence-corrected chi connectivity index (χ3v) is 1.91. The van der Waals surface area contributed by atoms with E-state index in [0.717, 1.165) is 0 Å². The van der Waals surface area contributed by atoms with Crippen LogP contribution in [0.2, 0.25) is 0 Å². The fourth-order valence-electron chi connectivity index (χ4n) is 1.19. The third kappa shape index (κ3) is 4.17. The van der Waals surface area contributed by atoms with Gasteiger partial charge in [0.25, 0.3) is 0 Å². The van der Waals surface area contributed by atoms with Gasteiger partial charge in [-0.3, -0.25) is 0 Å². The van der Waals surface area contributed by atoms with Crippen LogP contribution in [0.4, 0.5) is 0 Å². The molecule has 0 heterocycles. The summed E-state index contributed by atoms with van der Waals surface area (Å²) in [5, 5.41) is 0. The lowest BCUT2D eigenvalue weighted by Gasteiger charge is -2.04. The highest BCUT2D eigenvalue weighted by Crippen LogP contribution is 2.14. The molecule has 0 saturated heterocycles. The van der Waals surface area contributed by atoms with E-state index < -0.39 is 0 Å². The maximum absolute atomic E-state index is 2.21. The zero-order valence-electron chi connectivity index (χ0n) is 8.72. The fraction of sp³-hybridized carbons (Fsp3) is 0.500. The molecule has 0 aliphatic rings. The highest BCUT2D eigenvalue weighted by atomic mass is 14.0. The highest BCUT2D eigenvalue weighted by Gasteiger charge is 1.94. The summed E-state index contributed by atoms with van der Waals surface area (Å²) in [6.45, 7) is 8.54. The van der Waals surface area contributed by atoms with Crippen LogP contribution < -0.4 is 0 Å². The topological polar surface area (TPSA) is 0 Å². The first-order chi connectivity index (χ1) is 5.76. The fourth-order valence-corrected chi connectivity index (χ4v) is 1.19. The summed E-state index contributed by atoms with van der Waals surface area (Å²) in [6.07, 6.45) is 10.9. The van der Waals surface area contributed by atoms with Crippen LogP contribution in [0.15, 0.2) is 35.5 Å². The standard InChI is InChI=1S/C12H20/c1-5-8-10-11(4)12(7-3)9-6-2/h5,7-8,10H,6,9H2,1-4H3/b8-5-,11-10-,12-7-. The molecule has 0 atom stereocenters. The van der Waals surface area contributed by atoms with E-state index in [-0.39, 0.29) is 0 Å². The number of allylic oxidation sites excluding steroid dienone is 6. The summed E-state index contributed by atoms with van der Waals surface area (Å²) in [6, 6.07) is 0. The van der Waals surface area contributed by atoms with E-state index >= 15 is 0 Å². The van der Waals surface area contributed by atoms with Gasteiger partial charge in [0.05, 0.1) is 0 Å². The minimum absolute atomic E-state index is 1.19. The Labute approximate surface area is 76.7 Å². The molecule has 0 aromatic rings. The average molecular weight is 164 g/mol. The van der Waals surface area contributed by atoms with Gasteiger partial charge in [0, 0.05) is 0 Å².